The Hall–Kier alpha value is -2.27. The molecule has 1 aromatic carbocycles. The minimum atomic E-state index is -0.236. The Bertz CT molecular complexity index is 682. The molecule has 0 bridgehead atoms. The maximum atomic E-state index is 11.8. The number of aromatic nitrogens is 1. The number of nitrogens with zero attached hydrogens (tertiary/aromatic N) is 1. The first-order chi connectivity index (χ1) is 10.5. The van der Waals surface area contributed by atoms with Gasteiger partial charge in [0.1, 0.15) is 18.4 Å². The topological polar surface area (TPSA) is 60.3 Å². The van der Waals surface area contributed by atoms with E-state index in [1.54, 1.807) is 42.6 Å². The van der Waals surface area contributed by atoms with Crippen LogP contribution in [0.1, 0.15) is 6.92 Å². The summed E-state index contributed by atoms with van der Waals surface area (Å²) in [5.74, 6) is 0.449. The van der Waals surface area contributed by atoms with Crippen LogP contribution in [0.3, 0.4) is 0 Å². The van der Waals surface area contributed by atoms with E-state index in [0.29, 0.717) is 17.3 Å². The van der Waals surface area contributed by atoms with E-state index < -0.39 is 0 Å². The Morgan fingerprint density at radius 2 is 2.00 bits per heavy atom. The molecule has 0 aliphatic heterocycles. The number of nitrogens with one attached hydrogen (secondary N) is 1. The normalized spacial score (nSPS) is 11.7. The number of hydrogen-bond acceptors (Lipinski definition) is 3. The monoisotopic (exact) mass is 320 g/mol. The minimum Gasteiger partial charge on any atom is -0.489 e. The van der Waals surface area contributed by atoms with Crippen LogP contribution >= 0.6 is 11.6 Å². The fraction of sp³-hybridized carbons (Fsp3) is 0.250. The number of pyridine rings is 1. The van der Waals surface area contributed by atoms with Crippen LogP contribution in [-0.2, 0) is 11.3 Å². The van der Waals surface area contributed by atoms with Gasteiger partial charge in [0.15, 0.2) is 0 Å². The van der Waals surface area contributed by atoms with Crippen molar-refractivity contribution >= 4 is 17.5 Å². The Morgan fingerprint density at radius 3 is 2.68 bits per heavy atom. The predicted molar refractivity (Wildman–Crippen MR) is 85.3 cm³/mol. The van der Waals surface area contributed by atoms with E-state index in [2.05, 4.69) is 5.32 Å². The number of rotatable bonds is 6. The van der Waals surface area contributed by atoms with Gasteiger partial charge in [-0.1, -0.05) is 17.7 Å². The molecule has 0 radical (unpaired) electrons. The zero-order valence-corrected chi connectivity index (χ0v) is 12.9. The van der Waals surface area contributed by atoms with Crippen molar-refractivity contribution in [2.75, 3.05) is 6.54 Å². The summed E-state index contributed by atoms with van der Waals surface area (Å²) in [5.41, 5.74) is -0.205. The number of amides is 1. The first-order valence-corrected chi connectivity index (χ1v) is 7.27. The molecule has 1 aromatic heterocycles. The summed E-state index contributed by atoms with van der Waals surface area (Å²) in [6.45, 7) is 2.19. The molecule has 0 saturated carbocycles. The van der Waals surface area contributed by atoms with Crippen LogP contribution in [0.4, 0.5) is 0 Å². The maximum Gasteiger partial charge on any atom is 0.250 e. The van der Waals surface area contributed by atoms with Gasteiger partial charge in [-0.2, -0.15) is 0 Å². The standard InChI is InChI=1S/C16H17ClN2O3/c1-12(22-14-7-5-13(17)6-8-14)10-18-15(20)11-19-9-3-2-4-16(19)21/h2-9,12H,10-11H2,1H3,(H,18,20). The van der Waals surface area contributed by atoms with E-state index in [0.717, 1.165) is 0 Å². The van der Waals surface area contributed by atoms with Gasteiger partial charge in [-0.15, -0.1) is 0 Å². The molecule has 6 heteroatoms. The Kier molecular flexibility index (Phi) is 5.61. The quantitative estimate of drug-likeness (QED) is 0.886. The highest BCUT2D eigenvalue weighted by atomic mass is 35.5. The average molecular weight is 321 g/mol. The molecule has 0 fully saturated rings. The van der Waals surface area contributed by atoms with Gasteiger partial charge in [0, 0.05) is 17.3 Å². The highest BCUT2D eigenvalue weighted by molar-refractivity contribution is 6.30. The van der Waals surface area contributed by atoms with Crippen molar-refractivity contribution in [2.45, 2.75) is 19.6 Å². The molecule has 1 heterocycles. The van der Waals surface area contributed by atoms with Crippen molar-refractivity contribution in [3.8, 4) is 5.75 Å². The van der Waals surface area contributed by atoms with E-state index in [-0.39, 0.29) is 24.1 Å². The van der Waals surface area contributed by atoms with Crippen LogP contribution < -0.4 is 15.6 Å². The number of ether oxygens (including phenoxy) is 1. The fourth-order valence-corrected chi connectivity index (χ4v) is 1.97. The molecule has 2 aromatic rings. The number of carbonyl (C=O) groups is 1. The van der Waals surface area contributed by atoms with Gasteiger partial charge in [-0.3, -0.25) is 9.59 Å². The lowest BCUT2D eigenvalue weighted by molar-refractivity contribution is -0.122. The first-order valence-electron chi connectivity index (χ1n) is 6.89. The zero-order chi connectivity index (χ0) is 15.9. The van der Waals surface area contributed by atoms with E-state index in [4.69, 9.17) is 16.3 Å². The molecule has 0 aliphatic rings. The van der Waals surface area contributed by atoms with E-state index in [9.17, 15) is 9.59 Å². The summed E-state index contributed by atoms with van der Waals surface area (Å²) in [6.07, 6.45) is 1.38. The number of carbonyl (C=O) groups excluding carboxylic acids is 1. The van der Waals surface area contributed by atoms with E-state index in [1.165, 1.54) is 10.6 Å². The third-order valence-electron chi connectivity index (χ3n) is 2.95. The lowest BCUT2D eigenvalue weighted by Crippen LogP contribution is -2.37. The van der Waals surface area contributed by atoms with Crippen LogP contribution in [0.2, 0.25) is 5.02 Å². The minimum absolute atomic E-state index is 0.00661. The van der Waals surface area contributed by atoms with Crippen LogP contribution in [0.15, 0.2) is 53.5 Å². The van der Waals surface area contributed by atoms with Gasteiger partial charge in [-0.25, -0.2) is 0 Å². The summed E-state index contributed by atoms with van der Waals surface area (Å²) < 4.78 is 7.00. The fourth-order valence-electron chi connectivity index (χ4n) is 1.85. The van der Waals surface area contributed by atoms with E-state index in [1.807, 2.05) is 6.92 Å². The van der Waals surface area contributed by atoms with Gasteiger partial charge < -0.3 is 14.6 Å². The Labute approximate surface area is 133 Å². The molecule has 0 aliphatic carbocycles. The third kappa shape index (κ3) is 4.93. The number of hydrogen-bond donors (Lipinski definition) is 1. The second kappa shape index (κ2) is 7.66. The van der Waals surface area contributed by atoms with Gasteiger partial charge in [0.05, 0.1) is 6.54 Å². The molecule has 1 amide bonds. The average Bonchev–Trinajstić information content (AvgIpc) is 2.50. The summed E-state index contributed by atoms with van der Waals surface area (Å²) in [4.78, 5) is 23.3. The highest BCUT2D eigenvalue weighted by Gasteiger charge is 2.08. The summed E-state index contributed by atoms with van der Waals surface area (Å²) >= 11 is 5.80. The summed E-state index contributed by atoms with van der Waals surface area (Å²) in [7, 11) is 0. The second-order valence-electron chi connectivity index (χ2n) is 4.85. The van der Waals surface area contributed by atoms with Crippen molar-refractivity contribution in [3.63, 3.8) is 0 Å². The molecular weight excluding hydrogens is 304 g/mol. The number of benzene rings is 1. The maximum absolute atomic E-state index is 11.8. The van der Waals surface area contributed by atoms with Crippen LogP contribution in [0.5, 0.6) is 5.75 Å². The second-order valence-corrected chi connectivity index (χ2v) is 5.29. The van der Waals surface area contributed by atoms with Crippen molar-refractivity contribution in [2.24, 2.45) is 0 Å². The van der Waals surface area contributed by atoms with Gasteiger partial charge >= 0.3 is 0 Å². The van der Waals surface area contributed by atoms with Crippen molar-refractivity contribution in [3.05, 3.63) is 64.0 Å². The van der Waals surface area contributed by atoms with E-state index >= 15 is 0 Å². The first kappa shape index (κ1) is 16.1. The van der Waals surface area contributed by atoms with Crippen LogP contribution in [-0.4, -0.2) is 23.1 Å². The van der Waals surface area contributed by atoms with Gasteiger partial charge in [0.2, 0.25) is 5.91 Å². The molecule has 5 nitrogen and oxygen atoms in total. The summed E-state index contributed by atoms with van der Waals surface area (Å²) in [5, 5.41) is 3.38. The summed E-state index contributed by atoms with van der Waals surface area (Å²) in [6, 6.07) is 11.8. The largest absolute Gasteiger partial charge is 0.489 e. The highest BCUT2D eigenvalue weighted by Crippen LogP contribution is 2.16. The Morgan fingerprint density at radius 1 is 1.27 bits per heavy atom. The van der Waals surface area contributed by atoms with Crippen molar-refractivity contribution < 1.29 is 9.53 Å². The lowest BCUT2D eigenvalue weighted by Gasteiger charge is -2.15. The molecule has 116 valence electrons. The molecule has 22 heavy (non-hydrogen) atoms. The van der Waals surface area contributed by atoms with Gasteiger partial charge in [0.25, 0.3) is 5.56 Å². The molecule has 1 unspecified atom stereocenters. The van der Waals surface area contributed by atoms with Crippen molar-refractivity contribution in [1.29, 1.82) is 0 Å². The molecule has 1 atom stereocenters. The SMILES string of the molecule is CC(CNC(=O)Cn1ccccc1=O)Oc1ccc(Cl)cc1. The van der Waals surface area contributed by atoms with Crippen molar-refractivity contribution in [1.82, 2.24) is 9.88 Å². The molecule has 1 N–H and O–H groups in total. The Balaban J connectivity index is 1.79. The molecule has 2 rings (SSSR count). The predicted octanol–water partition coefficient (Wildman–Crippen LogP) is 2.09. The molecule has 0 saturated heterocycles. The lowest BCUT2D eigenvalue weighted by atomic mass is 10.3. The van der Waals surface area contributed by atoms with Crippen LogP contribution in [0.25, 0.3) is 0 Å². The smallest absolute Gasteiger partial charge is 0.250 e. The molecule has 0 spiro atoms. The van der Waals surface area contributed by atoms with Crippen LogP contribution in [0, 0.1) is 0 Å². The van der Waals surface area contributed by atoms with Gasteiger partial charge in [-0.05, 0) is 37.3 Å². The number of halogens is 1. The molecular formula is C16H17ClN2O3. The zero-order valence-electron chi connectivity index (χ0n) is 12.2. The third-order valence-corrected chi connectivity index (χ3v) is 3.20.